The molecule has 0 aromatic carbocycles. The Bertz CT molecular complexity index is 152. The Morgan fingerprint density at radius 3 is 1.92 bits per heavy atom. The molecule has 5 nitrogen and oxygen atoms in total. The van der Waals surface area contributed by atoms with Crippen molar-refractivity contribution in [2.45, 2.75) is 18.9 Å². The number of nitrogens with two attached hydrogens (primary N) is 1. The van der Waals surface area contributed by atoms with Gasteiger partial charge in [0.25, 0.3) is 0 Å². The van der Waals surface area contributed by atoms with Gasteiger partial charge in [-0.1, -0.05) is 0 Å². The summed E-state index contributed by atoms with van der Waals surface area (Å²) in [6.45, 7) is 0. The van der Waals surface area contributed by atoms with Crippen LogP contribution in [0.4, 0.5) is 0 Å². The van der Waals surface area contributed by atoms with Crippen LogP contribution in [-0.4, -0.2) is 87.3 Å². The Kier molecular flexibility index (Phi) is 15.5. The Labute approximate surface area is 114 Å². The molecule has 0 aliphatic heterocycles. The third kappa shape index (κ3) is 10.9. The van der Waals surface area contributed by atoms with E-state index >= 15 is 0 Å². The first-order valence-electron chi connectivity index (χ1n) is 2.74. The van der Waals surface area contributed by atoms with Crippen molar-refractivity contribution >= 4 is 71.1 Å². The van der Waals surface area contributed by atoms with Crippen LogP contribution in [0, 0.1) is 0 Å². The minimum atomic E-state index is -1.17. The van der Waals surface area contributed by atoms with Crippen molar-refractivity contribution in [2.24, 2.45) is 5.73 Å². The molecule has 0 amide bonds. The smallest absolute Gasteiger partial charge is 0.320 e. The number of carboxylic acids is 2. The molecular formula is C5H9NNa2O4. The molecule has 0 heterocycles. The average Bonchev–Trinajstić information content (AvgIpc) is 1.82. The Hall–Kier alpha value is 0.900. The summed E-state index contributed by atoms with van der Waals surface area (Å²) in [4.78, 5) is 19.9. The van der Waals surface area contributed by atoms with Gasteiger partial charge in [-0.2, -0.15) is 0 Å². The number of aliphatic carboxylic acids is 2. The standard InChI is InChI=1S/C5H9NO4.2Na/c6-3(5(9)10)1-2-4(7)8;;/h3H,1-2,6H2,(H,7,8)(H,9,10);;/t3-;;/m0../s1. The van der Waals surface area contributed by atoms with Gasteiger partial charge in [0.15, 0.2) is 0 Å². The molecule has 0 bridgehead atoms. The molecule has 0 aromatic rings. The number of carboxylic acid groups (broad SMARTS) is 2. The number of hydrogen-bond donors (Lipinski definition) is 3. The molecule has 0 spiro atoms. The molecule has 0 saturated heterocycles. The maximum atomic E-state index is 9.99. The fourth-order valence-electron chi connectivity index (χ4n) is 0.402. The molecule has 60 valence electrons. The summed E-state index contributed by atoms with van der Waals surface area (Å²) < 4.78 is 0. The van der Waals surface area contributed by atoms with Crippen LogP contribution in [0.3, 0.4) is 0 Å². The molecule has 1 atom stereocenters. The quantitative estimate of drug-likeness (QED) is 0.472. The predicted octanol–water partition coefficient (Wildman–Crippen LogP) is -1.50. The normalized spacial score (nSPS) is 10.4. The van der Waals surface area contributed by atoms with Crippen LogP contribution in [0.25, 0.3) is 0 Å². The summed E-state index contributed by atoms with van der Waals surface area (Å²) in [5.74, 6) is -2.20. The van der Waals surface area contributed by atoms with Gasteiger partial charge >= 0.3 is 11.9 Å². The summed E-state index contributed by atoms with van der Waals surface area (Å²) in [6.07, 6.45) is -0.224. The van der Waals surface area contributed by atoms with Gasteiger partial charge in [0, 0.05) is 65.5 Å². The van der Waals surface area contributed by atoms with Crippen molar-refractivity contribution in [1.29, 1.82) is 0 Å². The van der Waals surface area contributed by atoms with Gasteiger partial charge < -0.3 is 15.9 Å². The topological polar surface area (TPSA) is 101 Å². The predicted molar refractivity (Wildman–Crippen MR) is 44.0 cm³/mol. The first-order chi connectivity index (χ1) is 4.54. The number of rotatable bonds is 4. The molecular weight excluding hydrogens is 184 g/mol. The van der Waals surface area contributed by atoms with Gasteiger partial charge in [-0.05, 0) is 6.42 Å². The van der Waals surface area contributed by atoms with Crippen LogP contribution >= 0.6 is 0 Å². The van der Waals surface area contributed by atoms with Crippen LogP contribution < -0.4 is 5.73 Å². The zero-order valence-corrected chi connectivity index (χ0v) is 11.3. The van der Waals surface area contributed by atoms with E-state index in [0.29, 0.717) is 0 Å². The minimum Gasteiger partial charge on any atom is -0.481 e. The zero-order valence-electron chi connectivity index (χ0n) is 7.28. The summed E-state index contributed by atoms with van der Waals surface area (Å²) in [6, 6.07) is -1.06. The van der Waals surface area contributed by atoms with E-state index in [1.165, 1.54) is 0 Å². The molecule has 0 aliphatic rings. The van der Waals surface area contributed by atoms with E-state index in [1.807, 2.05) is 0 Å². The molecule has 0 saturated carbocycles. The maximum absolute atomic E-state index is 9.99. The molecule has 7 heteroatoms. The average molecular weight is 193 g/mol. The number of hydrogen-bond acceptors (Lipinski definition) is 3. The van der Waals surface area contributed by atoms with Crippen LogP contribution in [0.2, 0.25) is 0 Å². The van der Waals surface area contributed by atoms with E-state index in [1.54, 1.807) is 0 Å². The van der Waals surface area contributed by atoms with Crippen molar-refractivity contribution in [3.05, 3.63) is 0 Å². The van der Waals surface area contributed by atoms with Crippen LogP contribution in [0.5, 0.6) is 0 Å². The molecule has 4 N–H and O–H groups in total. The second-order valence-corrected chi connectivity index (χ2v) is 1.88. The van der Waals surface area contributed by atoms with Crippen molar-refractivity contribution in [3.8, 4) is 0 Å². The third-order valence-electron chi connectivity index (χ3n) is 0.986. The van der Waals surface area contributed by atoms with Crippen molar-refractivity contribution in [2.75, 3.05) is 0 Å². The monoisotopic (exact) mass is 193 g/mol. The molecule has 2 radical (unpaired) electrons. The molecule has 12 heavy (non-hydrogen) atoms. The summed E-state index contributed by atoms with van der Waals surface area (Å²) in [5, 5.41) is 16.3. The maximum Gasteiger partial charge on any atom is 0.320 e. The second kappa shape index (κ2) is 9.98. The van der Waals surface area contributed by atoms with Crippen molar-refractivity contribution < 1.29 is 19.8 Å². The van der Waals surface area contributed by atoms with E-state index in [9.17, 15) is 9.59 Å². The van der Waals surface area contributed by atoms with Crippen molar-refractivity contribution in [3.63, 3.8) is 0 Å². The first-order valence-corrected chi connectivity index (χ1v) is 2.74. The second-order valence-electron chi connectivity index (χ2n) is 1.88. The number of carbonyl (C=O) groups is 2. The van der Waals surface area contributed by atoms with E-state index in [2.05, 4.69) is 0 Å². The van der Waals surface area contributed by atoms with Gasteiger partial charge in [-0.25, -0.2) is 0 Å². The van der Waals surface area contributed by atoms with Gasteiger partial charge in [0.1, 0.15) is 6.04 Å². The van der Waals surface area contributed by atoms with Crippen molar-refractivity contribution in [1.82, 2.24) is 0 Å². The van der Waals surface area contributed by atoms with Gasteiger partial charge in [-0.15, -0.1) is 0 Å². The van der Waals surface area contributed by atoms with Crippen LogP contribution in [0.1, 0.15) is 12.8 Å². The van der Waals surface area contributed by atoms with E-state index in [0.717, 1.165) is 0 Å². The Morgan fingerprint density at radius 2 is 1.67 bits per heavy atom. The summed E-state index contributed by atoms with van der Waals surface area (Å²) >= 11 is 0. The van der Waals surface area contributed by atoms with E-state index < -0.39 is 18.0 Å². The fraction of sp³-hybridized carbons (Fsp3) is 0.600. The molecule has 0 aromatic heterocycles. The zero-order chi connectivity index (χ0) is 8.15. The van der Waals surface area contributed by atoms with E-state index in [4.69, 9.17) is 15.9 Å². The minimum absolute atomic E-state index is 0. The fourth-order valence-corrected chi connectivity index (χ4v) is 0.402. The first kappa shape index (κ1) is 18.6. The van der Waals surface area contributed by atoms with Crippen LogP contribution in [-0.2, 0) is 9.59 Å². The third-order valence-corrected chi connectivity index (χ3v) is 0.986. The van der Waals surface area contributed by atoms with E-state index in [-0.39, 0.29) is 72.0 Å². The molecule has 0 fully saturated rings. The van der Waals surface area contributed by atoms with Gasteiger partial charge in [-0.3, -0.25) is 9.59 Å². The summed E-state index contributed by atoms with van der Waals surface area (Å²) in [7, 11) is 0. The summed E-state index contributed by atoms with van der Waals surface area (Å²) in [5.41, 5.74) is 5.00. The Balaban J connectivity index is -0.000000405. The molecule has 0 rings (SSSR count). The van der Waals surface area contributed by atoms with Crippen LogP contribution in [0.15, 0.2) is 0 Å². The van der Waals surface area contributed by atoms with Gasteiger partial charge in [0.2, 0.25) is 0 Å². The van der Waals surface area contributed by atoms with Gasteiger partial charge in [0.05, 0.1) is 0 Å². The largest absolute Gasteiger partial charge is 0.481 e. The molecule has 0 unspecified atom stereocenters. The molecule has 0 aliphatic carbocycles. The SMILES string of the molecule is N[C@@H](CCC(=O)O)C(=O)O.[Na].[Na]. The Morgan fingerprint density at radius 1 is 1.25 bits per heavy atom.